The number of rotatable bonds is 6. The second-order valence-corrected chi connectivity index (χ2v) is 9.91. The molecule has 2 rings (SSSR count). The summed E-state index contributed by atoms with van der Waals surface area (Å²) in [7, 11) is 0. The highest BCUT2D eigenvalue weighted by Gasteiger charge is 2.24. The lowest BCUT2D eigenvalue weighted by Crippen LogP contribution is -2.49. The smallest absolute Gasteiger partial charge is 0.123 e. The molecular weight excluding hydrogens is 336 g/mol. The van der Waals surface area contributed by atoms with E-state index in [1.807, 2.05) is 0 Å². The predicted octanol–water partition coefficient (Wildman–Crippen LogP) is 3.66. The summed E-state index contributed by atoms with van der Waals surface area (Å²) in [5, 5.41) is 10.5. The lowest BCUT2D eigenvalue weighted by atomic mass is 9.80. The minimum Gasteiger partial charge on any atom is -0.491 e. The van der Waals surface area contributed by atoms with E-state index >= 15 is 0 Å². The largest absolute Gasteiger partial charge is 0.491 e. The van der Waals surface area contributed by atoms with Crippen molar-refractivity contribution in [1.82, 2.24) is 9.80 Å². The first-order valence-electron chi connectivity index (χ1n) is 10.4. The van der Waals surface area contributed by atoms with Gasteiger partial charge in [0.1, 0.15) is 18.5 Å². The van der Waals surface area contributed by atoms with E-state index in [2.05, 4.69) is 76.5 Å². The zero-order valence-electron chi connectivity index (χ0n) is 18.5. The number of ether oxygens (including phenoxy) is 1. The summed E-state index contributed by atoms with van der Waals surface area (Å²) in [6.07, 6.45) is -0.465. The second kappa shape index (κ2) is 8.93. The van der Waals surface area contributed by atoms with E-state index in [9.17, 15) is 5.11 Å². The molecule has 154 valence electrons. The van der Waals surface area contributed by atoms with Gasteiger partial charge in [-0.25, -0.2) is 0 Å². The molecule has 1 unspecified atom stereocenters. The van der Waals surface area contributed by atoms with Crippen LogP contribution in [0.2, 0.25) is 0 Å². The van der Waals surface area contributed by atoms with Crippen LogP contribution < -0.4 is 4.74 Å². The second-order valence-electron chi connectivity index (χ2n) is 9.91. The van der Waals surface area contributed by atoms with E-state index in [0.29, 0.717) is 13.2 Å². The first kappa shape index (κ1) is 22.2. The molecule has 0 amide bonds. The van der Waals surface area contributed by atoms with E-state index in [-0.39, 0.29) is 10.8 Å². The quantitative estimate of drug-likeness (QED) is 0.822. The molecule has 1 N–H and O–H groups in total. The Bertz CT molecular complexity index is 593. The van der Waals surface area contributed by atoms with Crippen LogP contribution in [0.15, 0.2) is 18.2 Å². The van der Waals surface area contributed by atoms with Gasteiger partial charge in [0.2, 0.25) is 0 Å². The van der Waals surface area contributed by atoms with Gasteiger partial charge in [-0.15, -0.1) is 0 Å². The summed E-state index contributed by atoms with van der Waals surface area (Å²) in [6, 6.07) is 6.50. The average Bonchev–Trinajstić information content (AvgIpc) is 2.59. The molecule has 0 bridgehead atoms. The van der Waals surface area contributed by atoms with Crippen molar-refractivity contribution in [1.29, 1.82) is 0 Å². The number of likely N-dealkylation sites (N-methyl/N-ethyl adjacent to an activating group) is 1. The number of benzene rings is 1. The Morgan fingerprint density at radius 3 is 2.07 bits per heavy atom. The monoisotopic (exact) mass is 376 g/mol. The summed E-state index contributed by atoms with van der Waals surface area (Å²) in [5.41, 5.74) is 2.63. The minimum absolute atomic E-state index is 0.00196. The fourth-order valence-corrected chi connectivity index (χ4v) is 3.53. The highest BCUT2D eigenvalue weighted by molar-refractivity contribution is 5.43. The van der Waals surface area contributed by atoms with Crippen LogP contribution in [-0.4, -0.2) is 66.9 Å². The molecule has 0 radical (unpaired) electrons. The molecule has 4 heteroatoms. The number of β-amino-alcohol motifs (C(OH)–C–C–N with tert-alkyl or cyclic N) is 1. The van der Waals surface area contributed by atoms with E-state index in [1.165, 1.54) is 11.1 Å². The van der Waals surface area contributed by atoms with Crippen molar-refractivity contribution in [2.75, 3.05) is 45.9 Å². The minimum atomic E-state index is -0.465. The maximum Gasteiger partial charge on any atom is 0.123 e. The third kappa shape index (κ3) is 6.48. The highest BCUT2D eigenvalue weighted by atomic mass is 16.5. The first-order chi connectivity index (χ1) is 12.5. The number of aliphatic hydroxyl groups is 1. The molecule has 1 fully saturated rings. The standard InChI is InChI=1S/C23H40N2O2/c1-8-24-11-13-25(14-12-24)16-19(26)17-27-21-10-9-18(22(2,3)4)15-20(21)23(5,6)7/h9-10,15,19,26H,8,11-14,16-17H2,1-7H3. The van der Waals surface area contributed by atoms with Gasteiger partial charge < -0.3 is 14.7 Å². The molecule has 1 saturated heterocycles. The highest BCUT2D eigenvalue weighted by Crippen LogP contribution is 2.35. The van der Waals surface area contributed by atoms with E-state index in [0.717, 1.165) is 38.5 Å². The Hall–Kier alpha value is -1.10. The number of nitrogens with zero attached hydrogens (tertiary/aromatic N) is 2. The zero-order chi connectivity index (χ0) is 20.2. The fourth-order valence-electron chi connectivity index (χ4n) is 3.53. The molecule has 0 aliphatic carbocycles. The van der Waals surface area contributed by atoms with Crippen molar-refractivity contribution in [3.63, 3.8) is 0 Å². The molecule has 27 heavy (non-hydrogen) atoms. The van der Waals surface area contributed by atoms with Crippen molar-refractivity contribution in [2.24, 2.45) is 0 Å². The van der Waals surface area contributed by atoms with Gasteiger partial charge in [-0.3, -0.25) is 4.90 Å². The van der Waals surface area contributed by atoms with Gasteiger partial charge in [-0.05, 0) is 34.6 Å². The van der Waals surface area contributed by atoms with E-state index < -0.39 is 6.10 Å². The van der Waals surface area contributed by atoms with E-state index in [4.69, 9.17) is 4.74 Å². The van der Waals surface area contributed by atoms with Crippen LogP contribution in [-0.2, 0) is 10.8 Å². The molecule has 0 spiro atoms. The molecule has 1 aliphatic heterocycles. The molecule has 4 nitrogen and oxygen atoms in total. The topological polar surface area (TPSA) is 35.9 Å². The fraction of sp³-hybridized carbons (Fsp3) is 0.739. The Morgan fingerprint density at radius 2 is 1.56 bits per heavy atom. The van der Waals surface area contributed by atoms with Crippen molar-refractivity contribution >= 4 is 0 Å². The van der Waals surface area contributed by atoms with Gasteiger partial charge in [0.25, 0.3) is 0 Å². The Balaban J connectivity index is 1.98. The number of hydrogen-bond donors (Lipinski definition) is 1. The third-order valence-corrected chi connectivity index (χ3v) is 5.47. The first-order valence-corrected chi connectivity index (χ1v) is 10.4. The van der Waals surface area contributed by atoms with Gasteiger partial charge >= 0.3 is 0 Å². The zero-order valence-corrected chi connectivity index (χ0v) is 18.5. The van der Waals surface area contributed by atoms with E-state index in [1.54, 1.807) is 0 Å². The van der Waals surface area contributed by atoms with Crippen LogP contribution in [0.5, 0.6) is 5.75 Å². The van der Waals surface area contributed by atoms with Crippen LogP contribution in [0.3, 0.4) is 0 Å². The van der Waals surface area contributed by atoms with Gasteiger partial charge in [0.15, 0.2) is 0 Å². The van der Waals surface area contributed by atoms with Gasteiger partial charge in [-0.1, -0.05) is 60.6 Å². The number of piperazine rings is 1. The molecule has 1 atom stereocenters. The average molecular weight is 377 g/mol. The molecule has 1 aromatic rings. The maximum absolute atomic E-state index is 10.5. The molecular formula is C23H40N2O2. The van der Waals surface area contributed by atoms with Crippen LogP contribution in [0.25, 0.3) is 0 Å². The van der Waals surface area contributed by atoms with Gasteiger partial charge in [0, 0.05) is 32.7 Å². The van der Waals surface area contributed by atoms with Crippen molar-refractivity contribution in [3.05, 3.63) is 29.3 Å². The summed E-state index contributed by atoms with van der Waals surface area (Å²) in [5.74, 6) is 0.894. The Morgan fingerprint density at radius 1 is 0.963 bits per heavy atom. The van der Waals surface area contributed by atoms with Crippen LogP contribution in [0.1, 0.15) is 59.6 Å². The van der Waals surface area contributed by atoms with Crippen LogP contribution >= 0.6 is 0 Å². The third-order valence-electron chi connectivity index (χ3n) is 5.47. The van der Waals surface area contributed by atoms with Gasteiger partial charge in [-0.2, -0.15) is 0 Å². The molecule has 1 aliphatic rings. The summed E-state index contributed by atoms with van der Waals surface area (Å²) in [6.45, 7) is 21.9. The molecule has 0 saturated carbocycles. The molecule has 1 aromatic carbocycles. The maximum atomic E-state index is 10.5. The van der Waals surface area contributed by atoms with Crippen molar-refractivity contribution < 1.29 is 9.84 Å². The van der Waals surface area contributed by atoms with Crippen molar-refractivity contribution in [3.8, 4) is 5.75 Å². The normalized spacial score (nSPS) is 18.5. The SMILES string of the molecule is CCN1CCN(CC(O)COc2ccc(C(C)(C)C)cc2C(C)(C)C)CC1. The number of aliphatic hydroxyl groups excluding tert-OH is 1. The number of hydrogen-bond acceptors (Lipinski definition) is 4. The predicted molar refractivity (Wildman–Crippen MR) is 114 cm³/mol. The summed E-state index contributed by atoms with van der Waals surface area (Å²) < 4.78 is 6.09. The molecule has 1 heterocycles. The van der Waals surface area contributed by atoms with Crippen LogP contribution in [0, 0.1) is 0 Å². The lowest BCUT2D eigenvalue weighted by molar-refractivity contribution is 0.0466. The van der Waals surface area contributed by atoms with Gasteiger partial charge in [0.05, 0.1) is 0 Å². The Kier molecular flexibility index (Phi) is 7.34. The summed E-state index contributed by atoms with van der Waals surface area (Å²) >= 11 is 0. The van der Waals surface area contributed by atoms with Crippen molar-refractivity contribution in [2.45, 2.75) is 65.4 Å². The summed E-state index contributed by atoms with van der Waals surface area (Å²) in [4.78, 5) is 4.79. The Labute approximate surface area is 166 Å². The lowest BCUT2D eigenvalue weighted by Gasteiger charge is -2.35. The molecule has 0 aromatic heterocycles. The van der Waals surface area contributed by atoms with Crippen LogP contribution in [0.4, 0.5) is 0 Å².